The van der Waals surface area contributed by atoms with Crippen LogP contribution in [0.15, 0.2) is 12.7 Å². The first-order chi connectivity index (χ1) is 5.02. The number of hydrogen-bond acceptors (Lipinski definition) is 3. The van der Waals surface area contributed by atoms with E-state index in [2.05, 4.69) is 11.3 Å². The maximum Gasteiger partial charge on any atom is 0.330 e. The van der Waals surface area contributed by atoms with Gasteiger partial charge in [-0.2, -0.15) is 8.78 Å². The summed E-state index contributed by atoms with van der Waals surface area (Å²) >= 11 is 0.335. The molecule has 5 heteroatoms. The summed E-state index contributed by atoms with van der Waals surface area (Å²) in [5.41, 5.74) is 0. The number of ether oxygens (including phenoxy) is 1. The minimum absolute atomic E-state index is 0.335. The van der Waals surface area contributed by atoms with Gasteiger partial charge >= 0.3 is 11.2 Å². The molecule has 0 aliphatic rings. The molecule has 0 aromatic rings. The maximum atomic E-state index is 12.3. The second-order valence-corrected chi connectivity index (χ2v) is 2.66. The van der Waals surface area contributed by atoms with Crippen LogP contribution < -0.4 is 0 Å². The fraction of sp³-hybridized carbons (Fsp3) is 0.500. The molecule has 0 saturated heterocycles. The lowest BCUT2D eigenvalue weighted by Gasteiger charge is -2.11. The van der Waals surface area contributed by atoms with E-state index in [4.69, 9.17) is 0 Å². The van der Waals surface area contributed by atoms with E-state index in [-0.39, 0.29) is 0 Å². The first kappa shape index (κ1) is 10.4. The Balaban J connectivity index is 3.69. The van der Waals surface area contributed by atoms with Gasteiger partial charge in [-0.1, -0.05) is 18.3 Å². The average Bonchev–Trinajstić information content (AvgIpc) is 2.00. The van der Waals surface area contributed by atoms with E-state index in [1.165, 1.54) is 6.26 Å². The summed E-state index contributed by atoms with van der Waals surface area (Å²) in [5.74, 6) is -0.835. The van der Waals surface area contributed by atoms with Crippen LogP contribution in [0.2, 0.25) is 0 Å². The highest BCUT2D eigenvalue weighted by Gasteiger charge is 2.28. The quantitative estimate of drug-likeness (QED) is 0.488. The predicted octanol–water partition coefficient (Wildman–Crippen LogP) is 1.67. The van der Waals surface area contributed by atoms with E-state index >= 15 is 0 Å². The van der Waals surface area contributed by atoms with Gasteiger partial charge in [-0.15, -0.1) is 0 Å². The Hall–Kier alpha value is -0.580. The molecule has 0 aromatic heterocycles. The third-order valence-corrected chi connectivity index (χ3v) is 1.56. The van der Waals surface area contributed by atoms with Gasteiger partial charge in [-0.25, -0.2) is 4.79 Å². The third kappa shape index (κ3) is 4.78. The molecule has 64 valence electrons. The molecule has 0 rings (SSSR count). The van der Waals surface area contributed by atoms with Gasteiger partial charge in [0.1, 0.15) is 0 Å². The Labute approximate surface area is 67.6 Å². The van der Waals surface area contributed by atoms with Gasteiger partial charge in [0.25, 0.3) is 0 Å². The standard InChI is InChI=1S/C6H8F2O2S/c1-3-5(9)10-4-6(7,8)11-2/h3H,1,4H2,2H3. The van der Waals surface area contributed by atoms with E-state index < -0.39 is 17.8 Å². The lowest BCUT2D eigenvalue weighted by Crippen LogP contribution is -2.20. The largest absolute Gasteiger partial charge is 0.455 e. The molecule has 0 fully saturated rings. The second-order valence-electron chi connectivity index (χ2n) is 1.65. The topological polar surface area (TPSA) is 26.3 Å². The van der Waals surface area contributed by atoms with E-state index in [9.17, 15) is 13.6 Å². The molecule has 0 spiro atoms. The number of carbonyl (C=O) groups excluding carboxylic acids is 1. The molecule has 0 bridgehead atoms. The van der Waals surface area contributed by atoms with Crippen molar-refractivity contribution in [2.45, 2.75) is 5.25 Å². The molecule has 0 amide bonds. The Kier molecular flexibility index (Phi) is 4.10. The number of alkyl halides is 2. The molecule has 0 unspecified atom stereocenters. The molecule has 0 aromatic carbocycles. The minimum atomic E-state index is -3.00. The molecular weight excluding hydrogens is 174 g/mol. The van der Waals surface area contributed by atoms with Crippen molar-refractivity contribution in [2.75, 3.05) is 12.9 Å². The normalized spacial score (nSPS) is 10.8. The molecule has 0 saturated carbocycles. The number of hydrogen-bond donors (Lipinski definition) is 0. The molecule has 0 aliphatic heterocycles. The van der Waals surface area contributed by atoms with Crippen molar-refractivity contribution in [3.8, 4) is 0 Å². The molecule has 0 N–H and O–H groups in total. The van der Waals surface area contributed by atoms with Crippen molar-refractivity contribution in [2.24, 2.45) is 0 Å². The summed E-state index contributed by atoms with van der Waals surface area (Å²) in [5, 5.41) is -3.00. The van der Waals surface area contributed by atoms with Crippen LogP contribution in [0, 0.1) is 0 Å². The van der Waals surface area contributed by atoms with Gasteiger partial charge in [-0.3, -0.25) is 0 Å². The molecule has 0 aliphatic carbocycles. The van der Waals surface area contributed by atoms with Crippen LogP contribution in [0.1, 0.15) is 0 Å². The number of carbonyl (C=O) groups is 1. The van der Waals surface area contributed by atoms with Gasteiger partial charge in [-0.05, 0) is 6.26 Å². The van der Waals surface area contributed by atoms with E-state index in [1.807, 2.05) is 0 Å². The highest BCUT2D eigenvalue weighted by atomic mass is 32.2. The summed E-state index contributed by atoms with van der Waals surface area (Å²) in [7, 11) is 0. The van der Waals surface area contributed by atoms with Crippen LogP contribution in [-0.2, 0) is 9.53 Å². The Morgan fingerprint density at radius 3 is 2.73 bits per heavy atom. The Bertz CT molecular complexity index is 159. The monoisotopic (exact) mass is 182 g/mol. The first-order valence-electron chi connectivity index (χ1n) is 2.74. The Morgan fingerprint density at radius 2 is 2.36 bits per heavy atom. The summed E-state index contributed by atoms with van der Waals surface area (Å²) in [6.07, 6.45) is 2.08. The van der Waals surface area contributed by atoms with Gasteiger partial charge < -0.3 is 4.74 Å². The highest BCUT2D eigenvalue weighted by Crippen LogP contribution is 2.26. The molecule has 11 heavy (non-hydrogen) atoms. The van der Waals surface area contributed by atoms with Crippen LogP contribution in [0.4, 0.5) is 8.78 Å². The number of halogens is 2. The lowest BCUT2D eigenvalue weighted by molar-refractivity contribution is -0.143. The van der Waals surface area contributed by atoms with Crippen molar-refractivity contribution in [3.63, 3.8) is 0 Å². The van der Waals surface area contributed by atoms with E-state index in [0.717, 1.165) is 6.08 Å². The zero-order chi connectivity index (χ0) is 8.91. The number of rotatable bonds is 4. The maximum absolute atomic E-state index is 12.3. The molecule has 2 nitrogen and oxygen atoms in total. The fourth-order valence-electron chi connectivity index (χ4n) is 0.273. The minimum Gasteiger partial charge on any atom is -0.455 e. The lowest BCUT2D eigenvalue weighted by atomic mass is 10.6. The van der Waals surface area contributed by atoms with Gasteiger partial charge in [0, 0.05) is 6.08 Å². The van der Waals surface area contributed by atoms with Crippen LogP contribution in [0.5, 0.6) is 0 Å². The zero-order valence-corrected chi connectivity index (χ0v) is 6.79. The Morgan fingerprint density at radius 1 is 1.82 bits per heavy atom. The zero-order valence-electron chi connectivity index (χ0n) is 5.97. The average molecular weight is 182 g/mol. The fourth-order valence-corrected chi connectivity index (χ4v) is 0.450. The van der Waals surface area contributed by atoms with Crippen LogP contribution in [-0.4, -0.2) is 24.1 Å². The molecule has 0 radical (unpaired) electrons. The molecule has 0 atom stereocenters. The second kappa shape index (κ2) is 4.33. The van der Waals surface area contributed by atoms with Crippen molar-refractivity contribution >= 4 is 17.7 Å². The van der Waals surface area contributed by atoms with Crippen LogP contribution >= 0.6 is 11.8 Å². The van der Waals surface area contributed by atoms with Gasteiger partial charge in [0.2, 0.25) is 0 Å². The number of thioether (sulfide) groups is 1. The van der Waals surface area contributed by atoms with Crippen molar-refractivity contribution in [1.82, 2.24) is 0 Å². The summed E-state index contributed by atoms with van der Waals surface area (Å²) in [4.78, 5) is 10.3. The predicted molar refractivity (Wildman–Crippen MR) is 39.6 cm³/mol. The van der Waals surface area contributed by atoms with Gasteiger partial charge in [0.15, 0.2) is 6.61 Å². The third-order valence-electron chi connectivity index (χ3n) is 0.848. The number of esters is 1. The SMILES string of the molecule is C=CC(=O)OCC(F)(F)SC. The van der Waals surface area contributed by atoms with Gasteiger partial charge in [0.05, 0.1) is 0 Å². The van der Waals surface area contributed by atoms with Crippen molar-refractivity contribution < 1.29 is 18.3 Å². The van der Waals surface area contributed by atoms with Crippen LogP contribution in [0.25, 0.3) is 0 Å². The summed E-state index contributed by atoms with van der Waals surface area (Å²) in [6, 6.07) is 0. The van der Waals surface area contributed by atoms with E-state index in [0.29, 0.717) is 11.8 Å². The summed E-state index contributed by atoms with van der Waals surface area (Å²) < 4.78 is 28.7. The molecule has 0 heterocycles. The highest BCUT2D eigenvalue weighted by molar-refractivity contribution is 7.99. The van der Waals surface area contributed by atoms with E-state index in [1.54, 1.807) is 0 Å². The smallest absolute Gasteiger partial charge is 0.330 e. The van der Waals surface area contributed by atoms with Crippen LogP contribution in [0.3, 0.4) is 0 Å². The first-order valence-corrected chi connectivity index (χ1v) is 3.96. The van der Waals surface area contributed by atoms with Crippen molar-refractivity contribution in [1.29, 1.82) is 0 Å². The van der Waals surface area contributed by atoms with Crippen molar-refractivity contribution in [3.05, 3.63) is 12.7 Å². The molecular formula is C6H8F2O2S. The summed E-state index contributed by atoms with van der Waals surface area (Å²) in [6.45, 7) is 2.16.